The average molecular weight is 191 g/mol. The summed E-state index contributed by atoms with van der Waals surface area (Å²) in [5, 5.41) is 0. The topological polar surface area (TPSA) is 26.0 Å². The molecule has 0 aliphatic carbocycles. The van der Waals surface area contributed by atoms with Crippen molar-refractivity contribution in [3.63, 3.8) is 0 Å². The summed E-state index contributed by atoms with van der Waals surface area (Å²) in [6.07, 6.45) is 4.74. The van der Waals surface area contributed by atoms with E-state index in [1.54, 1.807) is 0 Å². The first-order chi connectivity index (χ1) is 6.77. The number of benzene rings is 1. The van der Waals surface area contributed by atoms with Crippen LogP contribution in [0.5, 0.6) is 0 Å². The van der Waals surface area contributed by atoms with Crippen molar-refractivity contribution >= 4 is 0 Å². The maximum Gasteiger partial charge on any atom is 0.0292 e. The third kappa shape index (κ3) is 3.15. The van der Waals surface area contributed by atoms with E-state index in [9.17, 15) is 0 Å². The Hall–Kier alpha value is -0.820. The first kappa shape index (κ1) is 11.3. The molecule has 0 saturated heterocycles. The van der Waals surface area contributed by atoms with Gasteiger partial charge in [0.1, 0.15) is 0 Å². The van der Waals surface area contributed by atoms with Crippen molar-refractivity contribution in [1.29, 1.82) is 0 Å². The highest BCUT2D eigenvalue weighted by atomic mass is 14.6. The van der Waals surface area contributed by atoms with Crippen LogP contribution in [0.15, 0.2) is 24.3 Å². The fourth-order valence-corrected chi connectivity index (χ4v) is 1.55. The molecular formula is C13H21N. The lowest BCUT2D eigenvalue weighted by molar-refractivity contribution is 0.697. The Labute approximate surface area is 87.3 Å². The van der Waals surface area contributed by atoms with Crippen LogP contribution in [0, 0.1) is 0 Å². The van der Waals surface area contributed by atoms with Gasteiger partial charge < -0.3 is 5.73 Å². The molecule has 14 heavy (non-hydrogen) atoms. The summed E-state index contributed by atoms with van der Waals surface area (Å²) < 4.78 is 0. The van der Waals surface area contributed by atoms with Gasteiger partial charge in [0.15, 0.2) is 0 Å². The quantitative estimate of drug-likeness (QED) is 0.758. The van der Waals surface area contributed by atoms with Crippen molar-refractivity contribution in [2.45, 2.75) is 45.6 Å². The second-order valence-electron chi connectivity index (χ2n) is 3.86. The first-order valence-corrected chi connectivity index (χ1v) is 5.62. The fourth-order valence-electron chi connectivity index (χ4n) is 1.55. The molecule has 1 heteroatoms. The minimum absolute atomic E-state index is 0.204. The number of hydrogen-bond acceptors (Lipinski definition) is 1. The van der Waals surface area contributed by atoms with Crippen LogP contribution in [-0.2, 0) is 6.42 Å². The lowest BCUT2D eigenvalue weighted by atomic mass is 10.0. The van der Waals surface area contributed by atoms with E-state index in [1.165, 1.54) is 30.4 Å². The van der Waals surface area contributed by atoms with E-state index in [2.05, 4.69) is 38.1 Å². The molecule has 0 saturated carbocycles. The van der Waals surface area contributed by atoms with Crippen LogP contribution in [0.2, 0.25) is 0 Å². The van der Waals surface area contributed by atoms with Crippen molar-refractivity contribution in [2.75, 3.05) is 0 Å². The van der Waals surface area contributed by atoms with Gasteiger partial charge in [-0.2, -0.15) is 0 Å². The van der Waals surface area contributed by atoms with Gasteiger partial charge in [0, 0.05) is 6.04 Å². The summed E-state index contributed by atoms with van der Waals surface area (Å²) in [7, 11) is 0. The van der Waals surface area contributed by atoms with Crippen LogP contribution in [-0.4, -0.2) is 0 Å². The third-order valence-corrected chi connectivity index (χ3v) is 2.67. The first-order valence-electron chi connectivity index (χ1n) is 5.62. The van der Waals surface area contributed by atoms with Crippen molar-refractivity contribution in [3.05, 3.63) is 35.4 Å². The Kier molecular flexibility index (Phi) is 4.68. The second-order valence-corrected chi connectivity index (χ2v) is 3.86. The van der Waals surface area contributed by atoms with E-state index in [1.807, 2.05) is 0 Å². The minimum atomic E-state index is 0.204. The molecule has 0 bridgehead atoms. The van der Waals surface area contributed by atoms with Crippen molar-refractivity contribution in [3.8, 4) is 0 Å². The number of nitrogens with two attached hydrogens (primary N) is 1. The zero-order valence-corrected chi connectivity index (χ0v) is 9.29. The Bertz CT molecular complexity index is 250. The summed E-state index contributed by atoms with van der Waals surface area (Å²) in [6, 6.07) is 8.95. The second kappa shape index (κ2) is 5.82. The summed E-state index contributed by atoms with van der Waals surface area (Å²) in [5.74, 6) is 0. The normalized spacial score (nSPS) is 12.8. The maximum absolute atomic E-state index is 5.94. The third-order valence-electron chi connectivity index (χ3n) is 2.67. The van der Waals surface area contributed by atoms with Crippen LogP contribution < -0.4 is 5.73 Å². The van der Waals surface area contributed by atoms with Crippen molar-refractivity contribution < 1.29 is 0 Å². The van der Waals surface area contributed by atoms with E-state index in [0.717, 1.165) is 6.42 Å². The van der Waals surface area contributed by atoms with Gasteiger partial charge in [-0.15, -0.1) is 0 Å². The number of unbranched alkanes of at least 4 members (excludes halogenated alkanes) is 1. The average Bonchev–Trinajstić information content (AvgIpc) is 2.26. The van der Waals surface area contributed by atoms with Crippen LogP contribution >= 0.6 is 0 Å². The standard InChI is InChI=1S/C13H21N/c1-3-5-6-11-7-9-12(10-8-11)13(14)4-2/h7-10,13H,3-6,14H2,1-2H3/t13-/m0/s1. The van der Waals surface area contributed by atoms with Gasteiger partial charge in [0.25, 0.3) is 0 Å². The van der Waals surface area contributed by atoms with Gasteiger partial charge in [-0.3, -0.25) is 0 Å². The highest BCUT2D eigenvalue weighted by Gasteiger charge is 2.01. The van der Waals surface area contributed by atoms with E-state index < -0.39 is 0 Å². The Morgan fingerprint density at radius 2 is 1.79 bits per heavy atom. The minimum Gasteiger partial charge on any atom is -0.324 e. The van der Waals surface area contributed by atoms with Gasteiger partial charge in [0.2, 0.25) is 0 Å². The maximum atomic E-state index is 5.94. The van der Waals surface area contributed by atoms with Gasteiger partial charge in [-0.1, -0.05) is 44.5 Å². The number of rotatable bonds is 5. The van der Waals surface area contributed by atoms with E-state index in [4.69, 9.17) is 5.73 Å². The summed E-state index contributed by atoms with van der Waals surface area (Å²) in [6.45, 7) is 4.34. The molecule has 0 radical (unpaired) electrons. The highest BCUT2D eigenvalue weighted by molar-refractivity contribution is 5.24. The molecule has 1 atom stereocenters. The zero-order valence-electron chi connectivity index (χ0n) is 9.29. The molecule has 78 valence electrons. The number of aryl methyl sites for hydroxylation is 1. The molecule has 1 aromatic rings. The van der Waals surface area contributed by atoms with Crippen LogP contribution in [0.25, 0.3) is 0 Å². The van der Waals surface area contributed by atoms with Gasteiger partial charge in [-0.25, -0.2) is 0 Å². The molecular weight excluding hydrogens is 170 g/mol. The molecule has 1 aromatic carbocycles. The molecule has 0 spiro atoms. The lowest BCUT2D eigenvalue weighted by Gasteiger charge is -2.09. The molecule has 0 aromatic heterocycles. The smallest absolute Gasteiger partial charge is 0.0292 e. The molecule has 1 nitrogen and oxygen atoms in total. The predicted octanol–water partition coefficient (Wildman–Crippen LogP) is 3.44. The monoisotopic (exact) mass is 191 g/mol. The molecule has 0 aliphatic rings. The molecule has 1 rings (SSSR count). The van der Waals surface area contributed by atoms with Crippen LogP contribution in [0.4, 0.5) is 0 Å². The lowest BCUT2D eigenvalue weighted by Crippen LogP contribution is -2.08. The summed E-state index contributed by atoms with van der Waals surface area (Å²) in [4.78, 5) is 0. The van der Waals surface area contributed by atoms with Gasteiger partial charge in [0.05, 0.1) is 0 Å². The van der Waals surface area contributed by atoms with Crippen molar-refractivity contribution in [1.82, 2.24) is 0 Å². The Balaban J connectivity index is 2.59. The molecule has 0 aliphatic heterocycles. The molecule has 0 heterocycles. The molecule has 2 N–H and O–H groups in total. The summed E-state index contributed by atoms with van der Waals surface area (Å²) in [5.41, 5.74) is 8.63. The summed E-state index contributed by atoms with van der Waals surface area (Å²) >= 11 is 0. The van der Waals surface area contributed by atoms with Gasteiger partial charge in [-0.05, 0) is 30.4 Å². The predicted molar refractivity (Wildman–Crippen MR) is 62.3 cm³/mol. The number of hydrogen-bond donors (Lipinski definition) is 1. The molecule has 0 unspecified atom stereocenters. The Morgan fingerprint density at radius 3 is 2.29 bits per heavy atom. The van der Waals surface area contributed by atoms with E-state index in [0.29, 0.717) is 0 Å². The van der Waals surface area contributed by atoms with Crippen LogP contribution in [0.3, 0.4) is 0 Å². The zero-order chi connectivity index (χ0) is 10.4. The van der Waals surface area contributed by atoms with Gasteiger partial charge >= 0.3 is 0 Å². The van der Waals surface area contributed by atoms with E-state index >= 15 is 0 Å². The Morgan fingerprint density at radius 1 is 1.14 bits per heavy atom. The largest absolute Gasteiger partial charge is 0.324 e. The fraction of sp³-hybridized carbons (Fsp3) is 0.538. The molecule has 0 fully saturated rings. The SMILES string of the molecule is CCCCc1ccc([C@@H](N)CC)cc1. The molecule has 0 amide bonds. The van der Waals surface area contributed by atoms with Crippen LogP contribution in [0.1, 0.15) is 50.3 Å². The van der Waals surface area contributed by atoms with Crippen molar-refractivity contribution in [2.24, 2.45) is 5.73 Å². The highest BCUT2D eigenvalue weighted by Crippen LogP contribution is 2.15. The van der Waals surface area contributed by atoms with E-state index in [-0.39, 0.29) is 6.04 Å².